The van der Waals surface area contributed by atoms with Gasteiger partial charge in [-0.3, -0.25) is 9.78 Å². The summed E-state index contributed by atoms with van der Waals surface area (Å²) in [7, 11) is 1.66. The highest BCUT2D eigenvalue weighted by molar-refractivity contribution is 9.10. The zero-order chi connectivity index (χ0) is 21.3. The number of halogens is 1. The van der Waals surface area contributed by atoms with E-state index in [2.05, 4.69) is 31.3 Å². The molecule has 2 amide bonds. The Morgan fingerprint density at radius 1 is 1.27 bits per heavy atom. The van der Waals surface area contributed by atoms with Gasteiger partial charge in [0.05, 0.1) is 11.9 Å². The van der Waals surface area contributed by atoms with Crippen LogP contribution < -0.4 is 15.0 Å². The van der Waals surface area contributed by atoms with Crippen LogP contribution >= 0.6 is 15.9 Å². The van der Waals surface area contributed by atoms with Crippen LogP contribution in [-0.4, -0.2) is 46.4 Å². The van der Waals surface area contributed by atoms with Gasteiger partial charge in [-0.2, -0.15) is 9.78 Å². The second kappa shape index (κ2) is 8.27. The van der Waals surface area contributed by atoms with E-state index >= 15 is 0 Å². The van der Waals surface area contributed by atoms with Crippen LogP contribution in [-0.2, 0) is 11.2 Å². The Morgan fingerprint density at radius 3 is 2.87 bits per heavy atom. The third-order valence-electron chi connectivity index (χ3n) is 4.84. The number of ether oxygens (including phenoxy) is 1. The molecular formula is C21H20BrN5O3. The number of rotatable bonds is 3. The molecule has 0 spiro atoms. The Bertz CT molecular complexity index is 1100. The van der Waals surface area contributed by atoms with E-state index in [1.165, 1.54) is 9.58 Å². The Kier molecular flexibility index (Phi) is 5.54. The predicted molar refractivity (Wildman–Crippen MR) is 115 cm³/mol. The standard InChI is InChI=1S/C21H20BrN5O3/c1-13-3-4-14(9-23-13)7-15-10-24-27(11-15)21(29)25-17-12-30-19-6-5-16(22)8-18(19)26(2)20(17)28/h3-6,8-11,17H,7,12H2,1-2H3,(H,25,29). The van der Waals surface area contributed by atoms with Gasteiger partial charge in [0.25, 0.3) is 5.91 Å². The van der Waals surface area contributed by atoms with Gasteiger partial charge in [-0.1, -0.05) is 22.0 Å². The normalized spacial score (nSPS) is 15.9. The molecule has 154 valence electrons. The van der Waals surface area contributed by atoms with Crippen LogP contribution in [0.15, 0.2) is 53.4 Å². The minimum absolute atomic E-state index is 0.0344. The number of nitrogens with zero attached hydrogens (tertiary/aromatic N) is 4. The molecule has 0 bridgehead atoms. The predicted octanol–water partition coefficient (Wildman–Crippen LogP) is 2.92. The smallest absolute Gasteiger partial charge is 0.342 e. The quantitative estimate of drug-likeness (QED) is 0.636. The molecule has 0 radical (unpaired) electrons. The molecule has 3 aromatic rings. The van der Waals surface area contributed by atoms with E-state index in [0.29, 0.717) is 17.9 Å². The summed E-state index contributed by atoms with van der Waals surface area (Å²) >= 11 is 3.40. The van der Waals surface area contributed by atoms with Crippen molar-refractivity contribution >= 4 is 33.6 Å². The van der Waals surface area contributed by atoms with E-state index in [1.54, 1.807) is 37.8 Å². The molecule has 1 aromatic carbocycles. The molecule has 0 aliphatic carbocycles. The molecule has 0 saturated carbocycles. The fourth-order valence-corrected chi connectivity index (χ4v) is 3.54. The fourth-order valence-electron chi connectivity index (χ4n) is 3.19. The third kappa shape index (κ3) is 4.20. The monoisotopic (exact) mass is 469 g/mol. The van der Waals surface area contributed by atoms with E-state index in [-0.39, 0.29) is 12.5 Å². The molecule has 8 nitrogen and oxygen atoms in total. The number of benzene rings is 1. The first-order valence-electron chi connectivity index (χ1n) is 9.36. The number of hydrogen-bond acceptors (Lipinski definition) is 5. The van der Waals surface area contributed by atoms with Crippen molar-refractivity contribution in [2.24, 2.45) is 0 Å². The molecule has 3 heterocycles. The van der Waals surface area contributed by atoms with Crippen LogP contribution in [0.1, 0.15) is 16.8 Å². The van der Waals surface area contributed by atoms with Crippen molar-refractivity contribution in [1.82, 2.24) is 20.1 Å². The van der Waals surface area contributed by atoms with Crippen molar-refractivity contribution in [3.05, 3.63) is 70.2 Å². The molecule has 4 rings (SSSR count). The lowest BCUT2D eigenvalue weighted by Gasteiger charge is -2.20. The number of fused-ring (bicyclic) bond motifs is 1. The summed E-state index contributed by atoms with van der Waals surface area (Å²) in [6.45, 7) is 1.96. The number of likely N-dealkylation sites (N-methyl/N-ethyl adjacent to an activating group) is 1. The van der Waals surface area contributed by atoms with E-state index in [4.69, 9.17) is 4.74 Å². The van der Waals surface area contributed by atoms with Crippen molar-refractivity contribution in [3.63, 3.8) is 0 Å². The lowest BCUT2D eigenvalue weighted by Crippen LogP contribution is -2.50. The summed E-state index contributed by atoms with van der Waals surface area (Å²) in [6, 6.07) is 8.04. The van der Waals surface area contributed by atoms with Gasteiger partial charge in [-0.15, -0.1) is 0 Å². The maximum atomic E-state index is 12.8. The number of aromatic nitrogens is 3. The molecule has 0 fully saturated rings. The van der Waals surface area contributed by atoms with Gasteiger partial charge >= 0.3 is 6.03 Å². The van der Waals surface area contributed by atoms with Crippen molar-refractivity contribution in [1.29, 1.82) is 0 Å². The number of anilines is 1. The number of carbonyl (C=O) groups excluding carboxylic acids is 2. The van der Waals surface area contributed by atoms with Crippen LogP contribution in [0, 0.1) is 6.92 Å². The minimum Gasteiger partial charge on any atom is -0.489 e. The maximum absolute atomic E-state index is 12.8. The molecule has 1 aliphatic heterocycles. The first kappa shape index (κ1) is 20.1. The lowest BCUT2D eigenvalue weighted by atomic mass is 10.1. The number of carbonyl (C=O) groups is 2. The summed E-state index contributed by atoms with van der Waals surface area (Å²) in [4.78, 5) is 31.3. The van der Waals surface area contributed by atoms with Crippen molar-refractivity contribution in [3.8, 4) is 5.75 Å². The zero-order valence-electron chi connectivity index (χ0n) is 16.5. The molecule has 1 aliphatic rings. The average Bonchev–Trinajstić information content (AvgIpc) is 3.17. The Morgan fingerprint density at radius 2 is 2.10 bits per heavy atom. The Hall–Kier alpha value is -3.20. The summed E-state index contributed by atoms with van der Waals surface area (Å²) < 4.78 is 7.78. The van der Waals surface area contributed by atoms with E-state index in [1.807, 2.05) is 25.1 Å². The molecule has 2 aromatic heterocycles. The van der Waals surface area contributed by atoms with Crippen LogP contribution in [0.2, 0.25) is 0 Å². The van der Waals surface area contributed by atoms with Crippen LogP contribution in [0.4, 0.5) is 10.5 Å². The highest BCUT2D eigenvalue weighted by Crippen LogP contribution is 2.33. The number of nitrogens with one attached hydrogen (secondary N) is 1. The number of aryl methyl sites for hydroxylation is 1. The molecule has 1 N–H and O–H groups in total. The Balaban J connectivity index is 1.44. The molecule has 1 unspecified atom stereocenters. The zero-order valence-corrected chi connectivity index (χ0v) is 18.1. The topological polar surface area (TPSA) is 89.4 Å². The molecule has 0 saturated heterocycles. The highest BCUT2D eigenvalue weighted by atomic mass is 79.9. The van der Waals surface area contributed by atoms with Crippen LogP contribution in [0.25, 0.3) is 0 Å². The number of hydrogen-bond donors (Lipinski definition) is 1. The van der Waals surface area contributed by atoms with Gasteiger partial charge in [0.15, 0.2) is 0 Å². The van der Waals surface area contributed by atoms with Gasteiger partial charge in [0.1, 0.15) is 18.4 Å². The van der Waals surface area contributed by atoms with Gasteiger partial charge < -0.3 is 15.0 Å². The first-order chi connectivity index (χ1) is 14.4. The van der Waals surface area contributed by atoms with Gasteiger partial charge in [-0.05, 0) is 42.3 Å². The molecule has 30 heavy (non-hydrogen) atoms. The van der Waals surface area contributed by atoms with E-state index < -0.39 is 12.1 Å². The van der Waals surface area contributed by atoms with E-state index in [9.17, 15) is 9.59 Å². The summed E-state index contributed by atoms with van der Waals surface area (Å²) in [5.74, 6) is 0.317. The summed E-state index contributed by atoms with van der Waals surface area (Å²) in [5, 5.41) is 6.84. The summed E-state index contributed by atoms with van der Waals surface area (Å²) in [5.41, 5.74) is 3.48. The number of pyridine rings is 1. The molecule has 9 heteroatoms. The van der Waals surface area contributed by atoms with Crippen molar-refractivity contribution < 1.29 is 14.3 Å². The van der Waals surface area contributed by atoms with Gasteiger partial charge in [0.2, 0.25) is 0 Å². The van der Waals surface area contributed by atoms with Gasteiger partial charge in [-0.25, -0.2) is 4.79 Å². The largest absolute Gasteiger partial charge is 0.489 e. The van der Waals surface area contributed by atoms with Gasteiger partial charge in [0, 0.05) is 36.0 Å². The van der Waals surface area contributed by atoms with E-state index in [0.717, 1.165) is 21.3 Å². The molecule has 1 atom stereocenters. The third-order valence-corrected chi connectivity index (χ3v) is 5.33. The van der Waals surface area contributed by atoms with Crippen molar-refractivity contribution in [2.45, 2.75) is 19.4 Å². The summed E-state index contributed by atoms with van der Waals surface area (Å²) in [6.07, 6.45) is 5.69. The minimum atomic E-state index is -0.831. The highest BCUT2D eigenvalue weighted by Gasteiger charge is 2.31. The van der Waals surface area contributed by atoms with Crippen LogP contribution in [0.3, 0.4) is 0 Å². The SMILES string of the molecule is Cc1ccc(Cc2cnn(C(=O)NC3COc4ccc(Br)cc4N(C)C3=O)c2)cn1. The molecular weight excluding hydrogens is 450 g/mol. The maximum Gasteiger partial charge on any atom is 0.342 e. The van der Waals surface area contributed by atoms with Crippen LogP contribution in [0.5, 0.6) is 5.75 Å². The second-order valence-corrected chi connectivity index (χ2v) is 8.02. The average molecular weight is 470 g/mol. The van der Waals surface area contributed by atoms with Crippen molar-refractivity contribution in [2.75, 3.05) is 18.6 Å². The lowest BCUT2D eigenvalue weighted by molar-refractivity contribution is -0.120. The second-order valence-electron chi connectivity index (χ2n) is 7.10. The Labute approximate surface area is 182 Å². The fraction of sp³-hybridized carbons (Fsp3) is 0.238. The first-order valence-corrected chi connectivity index (χ1v) is 10.2. The number of amides is 2.